The molecule has 0 fully saturated rings. The van der Waals surface area contributed by atoms with Gasteiger partial charge in [-0.1, -0.05) is 18.2 Å². The standard InChI is InChI=1S/C14H10FN3O/c15-12-6-7-13(18-19)14(11(12)8-9-16)17-10-4-2-1-3-5-10/h1-7,17H,8H2. The molecule has 19 heavy (non-hydrogen) atoms. The van der Waals surface area contributed by atoms with Gasteiger partial charge in [-0.3, -0.25) is 0 Å². The predicted octanol–water partition coefficient (Wildman–Crippen LogP) is 4.03. The largest absolute Gasteiger partial charge is 0.353 e. The Hall–Kier alpha value is -2.74. The van der Waals surface area contributed by atoms with Gasteiger partial charge < -0.3 is 5.32 Å². The highest BCUT2D eigenvalue weighted by Gasteiger charge is 2.14. The molecule has 0 aliphatic heterocycles. The molecule has 0 aliphatic rings. The van der Waals surface area contributed by atoms with E-state index in [-0.39, 0.29) is 23.4 Å². The molecule has 0 radical (unpaired) electrons. The molecule has 2 rings (SSSR count). The second-order valence-electron chi connectivity index (χ2n) is 3.84. The van der Waals surface area contributed by atoms with Gasteiger partial charge in [0.1, 0.15) is 11.5 Å². The number of halogens is 1. The maximum Gasteiger partial charge on any atom is 0.131 e. The van der Waals surface area contributed by atoms with Gasteiger partial charge in [-0.15, -0.1) is 4.91 Å². The third kappa shape index (κ3) is 2.75. The zero-order valence-corrected chi connectivity index (χ0v) is 9.93. The van der Waals surface area contributed by atoms with Crippen molar-refractivity contribution < 1.29 is 4.39 Å². The summed E-state index contributed by atoms with van der Waals surface area (Å²) in [6, 6.07) is 13.3. The maximum atomic E-state index is 13.7. The van der Waals surface area contributed by atoms with Gasteiger partial charge in [0, 0.05) is 11.3 Å². The van der Waals surface area contributed by atoms with Gasteiger partial charge in [-0.05, 0) is 29.4 Å². The number of nitrogens with one attached hydrogen (secondary N) is 1. The highest BCUT2D eigenvalue weighted by atomic mass is 19.1. The van der Waals surface area contributed by atoms with E-state index < -0.39 is 5.82 Å². The number of hydrogen-bond acceptors (Lipinski definition) is 4. The van der Waals surface area contributed by atoms with Crippen molar-refractivity contribution in [3.05, 3.63) is 58.8 Å². The zero-order chi connectivity index (χ0) is 13.7. The van der Waals surface area contributed by atoms with E-state index in [1.54, 1.807) is 24.3 Å². The maximum absolute atomic E-state index is 13.7. The molecule has 0 atom stereocenters. The number of para-hydroxylation sites is 1. The highest BCUT2D eigenvalue weighted by molar-refractivity contribution is 5.76. The monoisotopic (exact) mass is 255 g/mol. The number of nitrogens with zero attached hydrogens (tertiary/aromatic N) is 2. The van der Waals surface area contributed by atoms with Crippen LogP contribution in [0.4, 0.5) is 21.5 Å². The molecule has 0 unspecified atom stereocenters. The fraction of sp³-hybridized carbons (Fsp3) is 0.0714. The van der Waals surface area contributed by atoms with Gasteiger partial charge in [0.25, 0.3) is 0 Å². The van der Waals surface area contributed by atoms with Gasteiger partial charge in [-0.25, -0.2) is 4.39 Å². The molecule has 2 aromatic carbocycles. The summed E-state index contributed by atoms with van der Waals surface area (Å²) in [7, 11) is 0. The van der Waals surface area contributed by atoms with Crippen LogP contribution in [0.2, 0.25) is 0 Å². The van der Waals surface area contributed by atoms with Crippen molar-refractivity contribution in [2.45, 2.75) is 6.42 Å². The average molecular weight is 255 g/mol. The molecule has 0 saturated heterocycles. The Bertz CT molecular complexity index is 635. The van der Waals surface area contributed by atoms with Crippen LogP contribution in [0.15, 0.2) is 47.6 Å². The van der Waals surface area contributed by atoms with Crippen LogP contribution in [0.3, 0.4) is 0 Å². The van der Waals surface area contributed by atoms with E-state index in [0.717, 1.165) is 6.07 Å². The quantitative estimate of drug-likeness (QED) is 0.838. The first-order chi connectivity index (χ1) is 9.26. The molecular weight excluding hydrogens is 245 g/mol. The number of benzene rings is 2. The molecule has 94 valence electrons. The van der Waals surface area contributed by atoms with Crippen molar-refractivity contribution in [3.8, 4) is 6.07 Å². The second-order valence-corrected chi connectivity index (χ2v) is 3.84. The van der Waals surface area contributed by atoms with Crippen molar-refractivity contribution >= 4 is 17.1 Å². The second kappa shape index (κ2) is 5.74. The summed E-state index contributed by atoms with van der Waals surface area (Å²) < 4.78 is 13.7. The fourth-order valence-electron chi connectivity index (χ4n) is 1.74. The molecule has 0 amide bonds. The van der Waals surface area contributed by atoms with Crippen LogP contribution in [0.25, 0.3) is 0 Å². The average Bonchev–Trinajstić information content (AvgIpc) is 2.44. The van der Waals surface area contributed by atoms with Crippen molar-refractivity contribution in [3.63, 3.8) is 0 Å². The Kier molecular flexibility index (Phi) is 3.84. The number of nitroso groups, excluding NO2 is 1. The molecule has 2 aromatic rings. The summed E-state index contributed by atoms with van der Waals surface area (Å²) in [5, 5.41) is 14.5. The normalized spacial score (nSPS) is 9.68. The van der Waals surface area contributed by atoms with Gasteiger partial charge in [-0.2, -0.15) is 5.26 Å². The van der Waals surface area contributed by atoms with Gasteiger partial charge in [0.15, 0.2) is 0 Å². The third-order valence-electron chi connectivity index (χ3n) is 2.63. The summed E-state index contributed by atoms with van der Waals surface area (Å²) in [5.74, 6) is -0.535. The van der Waals surface area contributed by atoms with E-state index in [1.165, 1.54) is 6.07 Å². The van der Waals surface area contributed by atoms with Crippen molar-refractivity contribution in [1.82, 2.24) is 0 Å². The first-order valence-electron chi connectivity index (χ1n) is 5.60. The number of anilines is 2. The van der Waals surface area contributed by atoms with Crippen LogP contribution < -0.4 is 5.32 Å². The summed E-state index contributed by atoms with van der Waals surface area (Å²) in [4.78, 5) is 10.8. The van der Waals surface area contributed by atoms with E-state index in [9.17, 15) is 9.30 Å². The van der Waals surface area contributed by atoms with E-state index in [0.29, 0.717) is 5.69 Å². The van der Waals surface area contributed by atoms with Crippen molar-refractivity contribution in [1.29, 1.82) is 5.26 Å². The Morgan fingerprint density at radius 3 is 2.58 bits per heavy atom. The molecule has 0 bridgehead atoms. The Balaban J connectivity index is 2.50. The smallest absolute Gasteiger partial charge is 0.131 e. The number of hydrogen-bond donors (Lipinski definition) is 1. The molecule has 0 aromatic heterocycles. The lowest BCUT2D eigenvalue weighted by Crippen LogP contribution is -1.99. The molecular formula is C14H10FN3O. The zero-order valence-electron chi connectivity index (χ0n) is 9.93. The summed E-state index contributed by atoms with van der Waals surface area (Å²) in [6.07, 6.45) is -0.135. The summed E-state index contributed by atoms with van der Waals surface area (Å²) in [6.45, 7) is 0. The summed E-state index contributed by atoms with van der Waals surface area (Å²) >= 11 is 0. The van der Waals surface area contributed by atoms with Crippen LogP contribution in [-0.2, 0) is 6.42 Å². The minimum absolute atomic E-state index is 0.0792. The van der Waals surface area contributed by atoms with Crippen LogP contribution in [0.1, 0.15) is 5.56 Å². The highest BCUT2D eigenvalue weighted by Crippen LogP contribution is 2.33. The van der Waals surface area contributed by atoms with Crippen molar-refractivity contribution in [2.24, 2.45) is 5.18 Å². The van der Waals surface area contributed by atoms with Gasteiger partial charge >= 0.3 is 0 Å². The van der Waals surface area contributed by atoms with E-state index >= 15 is 0 Å². The van der Waals surface area contributed by atoms with E-state index in [4.69, 9.17) is 5.26 Å². The minimum Gasteiger partial charge on any atom is -0.353 e. The third-order valence-corrected chi connectivity index (χ3v) is 2.63. The first kappa shape index (κ1) is 12.7. The van der Waals surface area contributed by atoms with Crippen molar-refractivity contribution in [2.75, 3.05) is 5.32 Å². The van der Waals surface area contributed by atoms with E-state index in [2.05, 4.69) is 10.5 Å². The lowest BCUT2D eigenvalue weighted by atomic mass is 10.1. The summed E-state index contributed by atoms with van der Waals surface area (Å²) in [5.41, 5.74) is 1.15. The van der Waals surface area contributed by atoms with E-state index in [1.807, 2.05) is 12.1 Å². The molecule has 5 heteroatoms. The first-order valence-corrected chi connectivity index (χ1v) is 5.60. The molecule has 0 aliphatic carbocycles. The van der Waals surface area contributed by atoms with Crippen LogP contribution in [-0.4, -0.2) is 0 Å². The van der Waals surface area contributed by atoms with Gasteiger partial charge in [0.2, 0.25) is 0 Å². The molecule has 0 saturated carbocycles. The minimum atomic E-state index is -0.535. The SMILES string of the molecule is N#CCc1c(F)ccc(N=O)c1Nc1ccccc1. The number of nitriles is 1. The molecule has 0 heterocycles. The van der Waals surface area contributed by atoms with Crippen LogP contribution in [0, 0.1) is 22.1 Å². The Labute approximate surface area is 109 Å². The van der Waals surface area contributed by atoms with Gasteiger partial charge in [0.05, 0.1) is 18.2 Å². The Morgan fingerprint density at radius 2 is 1.95 bits per heavy atom. The molecule has 4 nitrogen and oxygen atoms in total. The van der Waals surface area contributed by atoms with Crippen LogP contribution in [0.5, 0.6) is 0 Å². The number of rotatable bonds is 4. The topological polar surface area (TPSA) is 65.2 Å². The lowest BCUT2D eigenvalue weighted by Gasteiger charge is -2.12. The van der Waals surface area contributed by atoms with Crippen LogP contribution >= 0.6 is 0 Å². The molecule has 0 spiro atoms. The molecule has 1 N–H and O–H groups in total. The predicted molar refractivity (Wildman–Crippen MR) is 70.9 cm³/mol. The Morgan fingerprint density at radius 1 is 1.21 bits per heavy atom. The lowest BCUT2D eigenvalue weighted by molar-refractivity contribution is 0.616. The fourth-order valence-corrected chi connectivity index (χ4v) is 1.74.